The fraction of sp³-hybridized carbons (Fsp3) is 0.231. The Morgan fingerprint density at radius 1 is 1.06 bits per heavy atom. The first-order valence-corrected chi connectivity index (χ1v) is 5.76. The zero-order chi connectivity index (χ0) is 12.4. The van der Waals surface area contributed by atoms with Crippen LogP contribution in [0.3, 0.4) is 0 Å². The largest absolute Gasteiger partial charge is 0.486 e. The van der Waals surface area contributed by atoms with Crippen LogP contribution in [-0.2, 0) is 0 Å². The monoisotopic (exact) mass is 243 g/mol. The summed E-state index contributed by atoms with van der Waals surface area (Å²) < 4.78 is 11.0. The predicted molar refractivity (Wildman–Crippen MR) is 68.0 cm³/mol. The highest BCUT2D eigenvalue weighted by molar-refractivity contribution is 5.66. The number of nitrogens with one attached hydrogen (secondary N) is 1. The van der Waals surface area contributed by atoms with Gasteiger partial charge in [0.1, 0.15) is 25.4 Å². The number of fused-ring (bicyclic) bond motifs is 1. The Labute approximate surface area is 105 Å². The molecule has 1 aromatic heterocycles. The average molecular weight is 243 g/mol. The van der Waals surface area contributed by atoms with E-state index in [1.165, 1.54) is 6.33 Å². The summed E-state index contributed by atoms with van der Waals surface area (Å²) in [5.74, 6) is 2.34. The van der Waals surface area contributed by atoms with Crippen molar-refractivity contribution < 1.29 is 9.47 Å². The van der Waals surface area contributed by atoms with Crippen molar-refractivity contribution in [3.05, 3.63) is 30.6 Å². The van der Waals surface area contributed by atoms with E-state index in [4.69, 9.17) is 9.47 Å². The van der Waals surface area contributed by atoms with Crippen LogP contribution in [-0.4, -0.2) is 30.2 Å². The number of hydrogen-bond donors (Lipinski definition) is 1. The quantitative estimate of drug-likeness (QED) is 0.873. The number of ether oxygens (including phenoxy) is 2. The molecule has 2 aromatic rings. The van der Waals surface area contributed by atoms with E-state index in [1.54, 1.807) is 0 Å². The van der Waals surface area contributed by atoms with Gasteiger partial charge in [-0.2, -0.15) is 0 Å². The first kappa shape index (κ1) is 10.8. The molecule has 1 aromatic carbocycles. The van der Waals surface area contributed by atoms with Crippen molar-refractivity contribution in [3.8, 4) is 22.8 Å². The smallest absolute Gasteiger partial charge is 0.162 e. The van der Waals surface area contributed by atoms with Crippen LogP contribution in [0.15, 0.2) is 30.6 Å². The normalized spacial score (nSPS) is 13.2. The fourth-order valence-corrected chi connectivity index (χ4v) is 1.85. The summed E-state index contributed by atoms with van der Waals surface area (Å²) in [6, 6.07) is 7.71. The Morgan fingerprint density at radius 2 is 1.89 bits per heavy atom. The Kier molecular flexibility index (Phi) is 2.72. The maximum absolute atomic E-state index is 5.56. The molecule has 0 saturated heterocycles. The summed E-state index contributed by atoms with van der Waals surface area (Å²) in [5, 5.41) is 2.99. The molecule has 0 fully saturated rings. The molecular weight excluding hydrogens is 230 g/mol. The fourth-order valence-electron chi connectivity index (χ4n) is 1.85. The Hall–Kier alpha value is -2.30. The van der Waals surface area contributed by atoms with Crippen LogP contribution in [0.5, 0.6) is 11.5 Å². The SMILES string of the molecule is CNc1cc(-c2ccc3c(c2)OCCO3)ncn1. The molecule has 0 aliphatic carbocycles. The highest BCUT2D eigenvalue weighted by Crippen LogP contribution is 2.34. The van der Waals surface area contributed by atoms with E-state index in [0.29, 0.717) is 13.2 Å². The van der Waals surface area contributed by atoms with Gasteiger partial charge in [-0.15, -0.1) is 0 Å². The molecule has 0 spiro atoms. The van der Waals surface area contributed by atoms with Gasteiger partial charge in [0.2, 0.25) is 0 Å². The second-order valence-corrected chi connectivity index (χ2v) is 3.90. The molecule has 3 rings (SSSR count). The highest BCUT2D eigenvalue weighted by atomic mass is 16.6. The second-order valence-electron chi connectivity index (χ2n) is 3.90. The maximum atomic E-state index is 5.56. The lowest BCUT2D eigenvalue weighted by Gasteiger charge is -2.18. The third-order valence-electron chi connectivity index (χ3n) is 2.76. The van der Waals surface area contributed by atoms with Crippen molar-refractivity contribution in [1.29, 1.82) is 0 Å². The summed E-state index contributed by atoms with van der Waals surface area (Å²) in [5.41, 5.74) is 1.84. The van der Waals surface area contributed by atoms with Gasteiger partial charge in [-0.25, -0.2) is 9.97 Å². The van der Waals surface area contributed by atoms with E-state index >= 15 is 0 Å². The van der Waals surface area contributed by atoms with Crippen LogP contribution in [0, 0.1) is 0 Å². The Bertz CT molecular complexity index is 572. The van der Waals surface area contributed by atoms with Crippen molar-refractivity contribution >= 4 is 5.82 Å². The van der Waals surface area contributed by atoms with Gasteiger partial charge in [-0.1, -0.05) is 0 Å². The third kappa shape index (κ3) is 1.95. The Morgan fingerprint density at radius 3 is 2.72 bits per heavy atom. The molecule has 92 valence electrons. The van der Waals surface area contributed by atoms with Gasteiger partial charge in [-0.3, -0.25) is 0 Å². The second kappa shape index (κ2) is 4.52. The zero-order valence-electron chi connectivity index (χ0n) is 10.0. The average Bonchev–Trinajstić information content (AvgIpc) is 2.47. The van der Waals surface area contributed by atoms with Crippen LogP contribution < -0.4 is 14.8 Å². The molecule has 5 nitrogen and oxygen atoms in total. The summed E-state index contributed by atoms with van der Waals surface area (Å²) in [6.07, 6.45) is 1.54. The van der Waals surface area contributed by atoms with E-state index in [2.05, 4.69) is 15.3 Å². The molecule has 0 saturated carbocycles. The molecule has 0 bridgehead atoms. The lowest BCUT2D eigenvalue weighted by molar-refractivity contribution is 0.171. The van der Waals surface area contributed by atoms with Gasteiger partial charge in [0.05, 0.1) is 5.69 Å². The number of hydrogen-bond acceptors (Lipinski definition) is 5. The Balaban J connectivity index is 2.00. The molecular formula is C13H13N3O2. The van der Waals surface area contributed by atoms with Gasteiger partial charge in [0, 0.05) is 18.7 Å². The topological polar surface area (TPSA) is 56.3 Å². The van der Waals surface area contributed by atoms with Crippen LogP contribution in [0.25, 0.3) is 11.3 Å². The molecule has 1 aliphatic rings. The first-order valence-electron chi connectivity index (χ1n) is 5.76. The van der Waals surface area contributed by atoms with E-state index in [0.717, 1.165) is 28.6 Å². The lowest BCUT2D eigenvalue weighted by Crippen LogP contribution is -2.15. The molecule has 0 atom stereocenters. The summed E-state index contributed by atoms with van der Waals surface area (Å²) in [6.45, 7) is 1.19. The van der Waals surface area contributed by atoms with Crippen LogP contribution in [0.2, 0.25) is 0 Å². The zero-order valence-corrected chi connectivity index (χ0v) is 10.0. The molecule has 0 radical (unpaired) electrons. The van der Waals surface area contributed by atoms with E-state index in [1.807, 2.05) is 31.3 Å². The van der Waals surface area contributed by atoms with Gasteiger partial charge in [-0.05, 0) is 18.2 Å². The molecule has 5 heteroatoms. The third-order valence-corrected chi connectivity index (χ3v) is 2.76. The van der Waals surface area contributed by atoms with Crippen molar-refractivity contribution in [2.45, 2.75) is 0 Å². The number of aromatic nitrogens is 2. The minimum atomic E-state index is 0.585. The molecule has 0 amide bonds. The lowest BCUT2D eigenvalue weighted by atomic mass is 10.1. The van der Waals surface area contributed by atoms with Gasteiger partial charge in [0.15, 0.2) is 11.5 Å². The minimum absolute atomic E-state index is 0.585. The number of benzene rings is 1. The highest BCUT2D eigenvalue weighted by Gasteiger charge is 2.12. The van der Waals surface area contributed by atoms with Crippen molar-refractivity contribution in [1.82, 2.24) is 9.97 Å². The van der Waals surface area contributed by atoms with E-state index in [9.17, 15) is 0 Å². The molecule has 1 aliphatic heterocycles. The summed E-state index contributed by atoms with van der Waals surface area (Å²) in [4.78, 5) is 8.35. The standard InChI is InChI=1S/C13H13N3O2/c1-14-13-7-10(15-8-16-13)9-2-3-11-12(6-9)18-5-4-17-11/h2-3,6-8H,4-5H2,1H3,(H,14,15,16). The summed E-state index contributed by atoms with van der Waals surface area (Å²) in [7, 11) is 1.83. The minimum Gasteiger partial charge on any atom is -0.486 e. The van der Waals surface area contributed by atoms with E-state index < -0.39 is 0 Å². The molecule has 18 heavy (non-hydrogen) atoms. The number of nitrogens with zero attached hydrogens (tertiary/aromatic N) is 2. The predicted octanol–water partition coefficient (Wildman–Crippen LogP) is 1.96. The van der Waals surface area contributed by atoms with Crippen LogP contribution in [0.1, 0.15) is 0 Å². The molecule has 1 N–H and O–H groups in total. The number of anilines is 1. The van der Waals surface area contributed by atoms with Gasteiger partial charge < -0.3 is 14.8 Å². The van der Waals surface area contributed by atoms with Crippen molar-refractivity contribution in [3.63, 3.8) is 0 Å². The van der Waals surface area contributed by atoms with Crippen LogP contribution >= 0.6 is 0 Å². The van der Waals surface area contributed by atoms with Crippen molar-refractivity contribution in [2.24, 2.45) is 0 Å². The van der Waals surface area contributed by atoms with E-state index in [-0.39, 0.29) is 0 Å². The molecule has 2 heterocycles. The van der Waals surface area contributed by atoms with Gasteiger partial charge in [0.25, 0.3) is 0 Å². The van der Waals surface area contributed by atoms with Crippen molar-refractivity contribution in [2.75, 3.05) is 25.6 Å². The number of rotatable bonds is 2. The first-order chi connectivity index (χ1) is 8.86. The maximum Gasteiger partial charge on any atom is 0.162 e. The molecule has 0 unspecified atom stereocenters. The van der Waals surface area contributed by atoms with Gasteiger partial charge >= 0.3 is 0 Å². The summed E-state index contributed by atoms with van der Waals surface area (Å²) >= 11 is 0. The van der Waals surface area contributed by atoms with Crippen LogP contribution in [0.4, 0.5) is 5.82 Å².